The molecule has 2 amide bonds. The Morgan fingerprint density at radius 1 is 0.881 bits per heavy atom. The molecule has 3 rings (SSSR count). The van der Waals surface area contributed by atoms with Crippen molar-refractivity contribution < 1.29 is 32.2 Å². The zero-order valence-electron chi connectivity index (χ0n) is 23.5. The lowest BCUT2D eigenvalue weighted by atomic mass is 10.1. The summed E-state index contributed by atoms with van der Waals surface area (Å²) in [4.78, 5) is 27.7. The Morgan fingerprint density at radius 3 is 2.05 bits per heavy atom. The molecule has 0 aliphatic heterocycles. The molecule has 0 radical (unpaired) electrons. The normalized spacial score (nSPS) is 11.8. The molecule has 0 aliphatic carbocycles. The number of hydrogen-bond acceptors (Lipinski definition) is 7. The molecule has 42 heavy (non-hydrogen) atoms. The number of nitrogens with zero attached hydrogens (tertiary/aromatic N) is 2. The molecule has 0 aliphatic rings. The van der Waals surface area contributed by atoms with Crippen LogP contribution in [0.3, 0.4) is 0 Å². The van der Waals surface area contributed by atoms with Crippen molar-refractivity contribution in [1.29, 1.82) is 0 Å². The number of carbonyl (C=O) groups is 2. The fraction of sp³-hybridized carbons (Fsp3) is 0.286. The zero-order chi connectivity index (χ0) is 31.2. The van der Waals surface area contributed by atoms with Crippen LogP contribution in [0.5, 0.6) is 17.2 Å². The van der Waals surface area contributed by atoms with E-state index >= 15 is 0 Å². The van der Waals surface area contributed by atoms with Gasteiger partial charge in [-0.15, -0.1) is 0 Å². The number of hydrogen-bond donors (Lipinski definition) is 1. The highest BCUT2D eigenvalue weighted by molar-refractivity contribution is 7.92. The van der Waals surface area contributed by atoms with E-state index in [-0.39, 0.29) is 43.7 Å². The highest BCUT2D eigenvalue weighted by Crippen LogP contribution is 2.37. The lowest BCUT2D eigenvalue weighted by Gasteiger charge is -2.32. The van der Waals surface area contributed by atoms with Crippen LogP contribution in [0, 0.1) is 0 Å². The lowest BCUT2D eigenvalue weighted by Crippen LogP contribution is -2.50. The van der Waals surface area contributed by atoms with Crippen molar-refractivity contribution in [2.45, 2.75) is 24.4 Å². The molecule has 0 saturated heterocycles. The fourth-order valence-corrected chi connectivity index (χ4v) is 6.24. The second-order valence-corrected chi connectivity index (χ2v) is 12.0. The Kier molecular flexibility index (Phi) is 11.2. The number of ether oxygens (including phenoxy) is 3. The molecular formula is C28H30Cl3N3O7S. The minimum atomic E-state index is -4.47. The van der Waals surface area contributed by atoms with E-state index in [0.29, 0.717) is 11.3 Å². The molecule has 0 aromatic heterocycles. The molecular weight excluding hydrogens is 629 g/mol. The number of halogens is 3. The molecule has 226 valence electrons. The van der Waals surface area contributed by atoms with E-state index in [0.717, 1.165) is 4.31 Å². The third kappa shape index (κ3) is 7.15. The number of carbonyl (C=O) groups excluding carboxylic acids is 2. The van der Waals surface area contributed by atoms with Gasteiger partial charge >= 0.3 is 0 Å². The van der Waals surface area contributed by atoms with E-state index in [1.165, 1.54) is 76.6 Å². The van der Waals surface area contributed by atoms with Crippen LogP contribution in [-0.4, -0.2) is 66.1 Å². The second kappa shape index (κ2) is 14.2. The van der Waals surface area contributed by atoms with Gasteiger partial charge in [0.25, 0.3) is 10.0 Å². The molecule has 0 spiro atoms. The van der Waals surface area contributed by atoms with Crippen LogP contribution in [0.15, 0.2) is 59.5 Å². The van der Waals surface area contributed by atoms with Gasteiger partial charge in [-0.2, -0.15) is 0 Å². The number of benzene rings is 3. The van der Waals surface area contributed by atoms with Gasteiger partial charge in [0.1, 0.15) is 18.3 Å². The van der Waals surface area contributed by atoms with Crippen LogP contribution < -0.4 is 23.8 Å². The van der Waals surface area contributed by atoms with Gasteiger partial charge in [0.2, 0.25) is 11.8 Å². The SMILES string of the molecule is CNC(=O)[C@@H](C)N(Cc1c(Cl)cccc1Cl)C(=O)CN(c1cc(Cl)ccc1OC)S(=O)(=O)c1ccc(OC)c(OC)c1. The van der Waals surface area contributed by atoms with Gasteiger partial charge in [-0.3, -0.25) is 13.9 Å². The van der Waals surface area contributed by atoms with E-state index in [9.17, 15) is 18.0 Å². The number of sulfonamides is 1. The van der Waals surface area contributed by atoms with E-state index in [1.54, 1.807) is 18.2 Å². The van der Waals surface area contributed by atoms with Crippen molar-refractivity contribution in [3.63, 3.8) is 0 Å². The summed E-state index contributed by atoms with van der Waals surface area (Å²) in [5.41, 5.74) is 0.385. The van der Waals surface area contributed by atoms with Crippen molar-refractivity contribution in [1.82, 2.24) is 10.2 Å². The molecule has 3 aromatic rings. The summed E-state index contributed by atoms with van der Waals surface area (Å²) in [5, 5.41) is 3.26. The summed E-state index contributed by atoms with van der Waals surface area (Å²) >= 11 is 19.0. The van der Waals surface area contributed by atoms with Crippen molar-refractivity contribution in [3.05, 3.63) is 75.2 Å². The average Bonchev–Trinajstić information content (AvgIpc) is 2.98. The first-order valence-corrected chi connectivity index (χ1v) is 15.0. The summed E-state index contributed by atoms with van der Waals surface area (Å²) in [6.07, 6.45) is 0. The smallest absolute Gasteiger partial charge is 0.265 e. The second-order valence-electron chi connectivity index (χ2n) is 8.86. The lowest BCUT2D eigenvalue weighted by molar-refractivity contribution is -0.139. The van der Waals surface area contributed by atoms with Gasteiger partial charge in [-0.25, -0.2) is 8.42 Å². The maximum Gasteiger partial charge on any atom is 0.265 e. The summed E-state index contributed by atoms with van der Waals surface area (Å²) in [7, 11) is 1.10. The number of rotatable bonds is 12. The first-order valence-electron chi connectivity index (χ1n) is 12.4. The van der Waals surface area contributed by atoms with E-state index in [2.05, 4.69) is 5.32 Å². The molecule has 0 fully saturated rings. The number of amides is 2. The monoisotopic (exact) mass is 657 g/mol. The van der Waals surface area contributed by atoms with E-state index in [1.807, 2.05) is 0 Å². The molecule has 3 aromatic carbocycles. The summed E-state index contributed by atoms with van der Waals surface area (Å²) in [6.45, 7) is 0.592. The van der Waals surface area contributed by atoms with Crippen LogP contribution >= 0.6 is 34.8 Å². The maximum atomic E-state index is 14.2. The topological polar surface area (TPSA) is 114 Å². The molecule has 0 bridgehead atoms. The Balaban J connectivity index is 2.18. The molecule has 14 heteroatoms. The first kappa shape index (κ1) is 33.1. The zero-order valence-corrected chi connectivity index (χ0v) is 26.6. The predicted molar refractivity (Wildman–Crippen MR) is 163 cm³/mol. The van der Waals surface area contributed by atoms with Crippen LogP contribution in [0.2, 0.25) is 15.1 Å². The minimum absolute atomic E-state index is 0.00328. The molecule has 0 saturated carbocycles. The molecule has 0 heterocycles. The minimum Gasteiger partial charge on any atom is -0.495 e. The third-order valence-corrected chi connectivity index (χ3v) is 9.13. The van der Waals surface area contributed by atoms with Crippen molar-refractivity contribution >= 4 is 62.3 Å². The van der Waals surface area contributed by atoms with Gasteiger partial charge in [-0.05, 0) is 49.4 Å². The number of nitrogens with one attached hydrogen (secondary N) is 1. The molecule has 1 N–H and O–H groups in total. The Labute approximate surface area is 260 Å². The molecule has 10 nitrogen and oxygen atoms in total. The van der Waals surface area contributed by atoms with Crippen molar-refractivity contribution in [3.8, 4) is 17.2 Å². The number of methoxy groups -OCH3 is 3. The fourth-order valence-electron chi connectivity index (χ4n) is 4.12. The Morgan fingerprint density at radius 2 is 1.48 bits per heavy atom. The van der Waals surface area contributed by atoms with Crippen molar-refractivity contribution in [2.24, 2.45) is 0 Å². The third-order valence-electron chi connectivity index (χ3n) is 6.44. The molecule has 1 atom stereocenters. The van der Waals surface area contributed by atoms with Gasteiger partial charge in [0.15, 0.2) is 11.5 Å². The van der Waals surface area contributed by atoms with Crippen molar-refractivity contribution in [2.75, 3.05) is 39.2 Å². The van der Waals surface area contributed by atoms with Crippen LogP contribution in [-0.2, 0) is 26.2 Å². The van der Waals surface area contributed by atoms with Crippen LogP contribution in [0.4, 0.5) is 5.69 Å². The standard InChI is InChI=1S/C28H30Cl3N3O7S/c1-17(28(36)32-2)33(15-20-21(30)7-6-8-22(20)31)27(35)16-34(23-13-18(29)9-11-24(23)39-3)42(37,38)19-10-12-25(40-4)26(14-19)41-5/h6-14,17H,15-16H2,1-5H3,(H,32,36)/t17-/m1/s1. The summed E-state index contributed by atoms with van der Waals surface area (Å²) in [6, 6.07) is 12.2. The van der Waals surface area contributed by atoms with Crippen LogP contribution in [0.25, 0.3) is 0 Å². The molecule has 0 unspecified atom stereocenters. The largest absolute Gasteiger partial charge is 0.495 e. The first-order chi connectivity index (χ1) is 19.9. The van der Waals surface area contributed by atoms with Gasteiger partial charge in [-0.1, -0.05) is 40.9 Å². The number of anilines is 1. The van der Waals surface area contributed by atoms with E-state index in [4.69, 9.17) is 49.0 Å². The Bertz CT molecular complexity index is 1550. The average molecular weight is 659 g/mol. The quantitative estimate of drug-likeness (QED) is 0.290. The highest BCUT2D eigenvalue weighted by atomic mass is 35.5. The van der Waals surface area contributed by atoms with Gasteiger partial charge in [0.05, 0.1) is 31.9 Å². The van der Waals surface area contributed by atoms with Gasteiger partial charge < -0.3 is 24.4 Å². The Hall–Kier alpha value is -3.38. The summed E-state index contributed by atoms with van der Waals surface area (Å²) in [5.74, 6) is -0.613. The number of likely N-dealkylation sites (N-methyl/N-ethyl adjacent to an activating group) is 1. The van der Waals surface area contributed by atoms with Crippen LogP contribution in [0.1, 0.15) is 12.5 Å². The predicted octanol–water partition coefficient (Wildman–Crippen LogP) is 5.03. The van der Waals surface area contributed by atoms with Gasteiger partial charge in [0, 0.05) is 40.3 Å². The maximum absolute atomic E-state index is 14.2. The summed E-state index contributed by atoms with van der Waals surface area (Å²) < 4.78 is 45.2. The highest BCUT2D eigenvalue weighted by Gasteiger charge is 2.34. The van der Waals surface area contributed by atoms with E-state index < -0.39 is 34.4 Å².